The highest BCUT2D eigenvalue weighted by atomic mass is 79.9. The van der Waals surface area contributed by atoms with Crippen LogP contribution < -0.4 is 5.32 Å². The van der Waals surface area contributed by atoms with Crippen molar-refractivity contribution in [3.8, 4) is 16.9 Å². The van der Waals surface area contributed by atoms with E-state index < -0.39 is 0 Å². The van der Waals surface area contributed by atoms with Crippen LogP contribution in [0.3, 0.4) is 0 Å². The molecule has 174 valence electrons. The van der Waals surface area contributed by atoms with Gasteiger partial charge in [-0.15, -0.1) is 0 Å². The van der Waals surface area contributed by atoms with Crippen molar-refractivity contribution in [2.24, 2.45) is 0 Å². The fraction of sp³-hybridized carbons (Fsp3) is 0.269. The second kappa shape index (κ2) is 10.0. The van der Waals surface area contributed by atoms with Gasteiger partial charge in [0.05, 0.1) is 28.5 Å². The summed E-state index contributed by atoms with van der Waals surface area (Å²) >= 11 is 3.49. The van der Waals surface area contributed by atoms with Crippen molar-refractivity contribution in [2.75, 3.05) is 46.3 Å². The molecule has 1 N–H and O–H groups in total. The first kappa shape index (κ1) is 22.7. The number of amides is 1. The number of carbonyl (C=O) groups is 1. The molecule has 0 radical (unpaired) electrons. The van der Waals surface area contributed by atoms with Crippen molar-refractivity contribution < 1.29 is 4.79 Å². The molecule has 0 spiro atoms. The van der Waals surface area contributed by atoms with E-state index in [0.717, 1.165) is 59.5 Å². The van der Waals surface area contributed by atoms with Crippen LogP contribution in [0.25, 0.3) is 28.0 Å². The number of hydrogen-bond donors (Lipinski definition) is 1. The Morgan fingerprint density at radius 1 is 1.03 bits per heavy atom. The summed E-state index contributed by atoms with van der Waals surface area (Å²) < 4.78 is 2.78. The number of benzene rings is 2. The standard InChI is InChI=1S/C26H27BrN6O/c1-31-13-15-32(16-14-31)12-11-28-26(34)22-17-24(19-7-9-20(27)10-8-19)30-25-23(22)18-29-33(25)21-5-3-2-4-6-21/h2-10,17-18H,11-16H2,1H3,(H,28,34). The van der Waals surface area contributed by atoms with Gasteiger partial charge in [0.25, 0.3) is 5.91 Å². The normalized spacial score (nSPS) is 15.0. The van der Waals surface area contributed by atoms with Crippen molar-refractivity contribution in [1.29, 1.82) is 0 Å². The van der Waals surface area contributed by atoms with Crippen LogP contribution in [0.5, 0.6) is 0 Å². The molecule has 2 aromatic carbocycles. The predicted molar refractivity (Wildman–Crippen MR) is 138 cm³/mol. The SMILES string of the molecule is CN1CCN(CCNC(=O)c2cc(-c3ccc(Br)cc3)nc3c2cnn3-c2ccccc2)CC1. The van der Waals surface area contributed by atoms with E-state index in [9.17, 15) is 4.79 Å². The molecule has 1 aliphatic heterocycles. The van der Waals surface area contributed by atoms with E-state index in [1.807, 2.05) is 60.7 Å². The van der Waals surface area contributed by atoms with E-state index in [4.69, 9.17) is 4.98 Å². The summed E-state index contributed by atoms with van der Waals surface area (Å²) in [4.78, 5) is 23.0. The van der Waals surface area contributed by atoms with Crippen molar-refractivity contribution >= 4 is 32.9 Å². The van der Waals surface area contributed by atoms with Crippen LogP contribution >= 0.6 is 15.9 Å². The predicted octanol–water partition coefficient (Wildman–Crippen LogP) is 3.83. The zero-order valence-corrected chi connectivity index (χ0v) is 20.7. The molecule has 0 bridgehead atoms. The van der Waals surface area contributed by atoms with E-state index in [2.05, 4.69) is 43.2 Å². The Hall–Kier alpha value is -3.07. The zero-order chi connectivity index (χ0) is 23.5. The summed E-state index contributed by atoms with van der Waals surface area (Å²) in [7, 11) is 2.15. The van der Waals surface area contributed by atoms with E-state index in [1.54, 1.807) is 10.9 Å². The maximum atomic E-state index is 13.3. The number of para-hydroxylation sites is 1. The van der Waals surface area contributed by atoms with Crippen LogP contribution in [0.2, 0.25) is 0 Å². The molecule has 1 aliphatic rings. The Morgan fingerprint density at radius 2 is 1.76 bits per heavy atom. The highest BCUT2D eigenvalue weighted by molar-refractivity contribution is 9.10. The number of nitrogens with one attached hydrogen (secondary N) is 1. The molecule has 0 atom stereocenters. The van der Waals surface area contributed by atoms with Crippen molar-refractivity contribution in [3.63, 3.8) is 0 Å². The quantitative estimate of drug-likeness (QED) is 0.420. The number of likely N-dealkylation sites (N-methyl/N-ethyl adjacent to an activating group) is 1. The van der Waals surface area contributed by atoms with Crippen LogP contribution in [-0.4, -0.2) is 76.8 Å². The van der Waals surface area contributed by atoms with Crippen LogP contribution in [-0.2, 0) is 0 Å². The number of rotatable bonds is 6. The van der Waals surface area contributed by atoms with Gasteiger partial charge in [0.2, 0.25) is 0 Å². The van der Waals surface area contributed by atoms with Crippen LogP contribution in [0.1, 0.15) is 10.4 Å². The first-order valence-electron chi connectivity index (χ1n) is 11.5. The minimum Gasteiger partial charge on any atom is -0.351 e. The van der Waals surface area contributed by atoms with E-state index in [-0.39, 0.29) is 5.91 Å². The maximum absolute atomic E-state index is 13.3. The van der Waals surface area contributed by atoms with Crippen molar-refractivity contribution in [2.45, 2.75) is 0 Å². The van der Waals surface area contributed by atoms with E-state index in [0.29, 0.717) is 17.8 Å². The second-order valence-electron chi connectivity index (χ2n) is 8.59. The molecule has 4 aromatic rings. The molecule has 1 saturated heterocycles. The molecule has 8 heteroatoms. The number of carbonyl (C=O) groups excluding carboxylic acids is 1. The number of piperazine rings is 1. The number of pyridine rings is 1. The van der Waals surface area contributed by atoms with Crippen molar-refractivity contribution in [1.82, 2.24) is 29.9 Å². The van der Waals surface area contributed by atoms with Gasteiger partial charge in [-0.25, -0.2) is 9.67 Å². The Kier molecular flexibility index (Phi) is 6.71. The molecule has 2 aromatic heterocycles. The fourth-order valence-electron chi connectivity index (χ4n) is 4.21. The second-order valence-corrected chi connectivity index (χ2v) is 9.51. The zero-order valence-electron chi connectivity index (χ0n) is 19.1. The molecular weight excluding hydrogens is 492 g/mol. The number of hydrogen-bond acceptors (Lipinski definition) is 5. The van der Waals surface area contributed by atoms with Gasteiger partial charge in [-0.1, -0.05) is 46.3 Å². The fourth-order valence-corrected chi connectivity index (χ4v) is 4.47. The number of nitrogens with zero attached hydrogens (tertiary/aromatic N) is 5. The summed E-state index contributed by atoms with van der Waals surface area (Å²) in [5.74, 6) is -0.104. The van der Waals surface area contributed by atoms with Gasteiger partial charge < -0.3 is 10.2 Å². The minimum atomic E-state index is -0.104. The topological polar surface area (TPSA) is 66.3 Å². The summed E-state index contributed by atoms with van der Waals surface area (Å²) in [6, 6.07) is 19.7. The average molecular weight is 519 g/mol. The lowest BCUT2D eigenvalue weighted by atomic mass is 10.1. The lowest BCUT2D eigenvalue weighted by molar-refractivity contribution is 0.0942. The Balaban J connectivity index is 1.46. The summed E-state index contributed by atoms with van der Waals surface area (Å²) in [6.45, 7) is 5.64. The number of fused-ring (bicyclic) bond motifs is 1. The van der Waals surface area contributed by atoms with Gasteiger partial charge >= 0.3 is 0 Å². The molecule has 5 rings (SSSR count). The smallest absolute Gasteiger partial charge is 0.252 e. The average Bonchev–Trinajstić information content (AvgIpc) is 3.30. The molecule has 34 heavy (non-hydrogen) atoms. The Morgan fingerprint density at radius 3 is 2.50 bits per heavy atom. The largest absolute Gasteiger partial charge is 0.351 e. The van der Waals surface area contributed by atoms with Gasteiger partial charge in [0.15, 0.2) is 5.65 Å². The van der Waals surface area contributed by atoms with Crippen LogP contribution in [0.4, 0.5) is 0 Å². The highest BCUT2D eigenvalue weighted by Gasteiger charge is 2.19. The van der Waals surface area contributed by atoms with Gasteiger partial charge in [0, 0.05) is 49.3 Å². The van der Waals surface area contributed by atoms with Gasteiger partial charge in [0.1, 0.15) is 0 Å². The van der Waals surface area contributed by atoms with E-state index >= 15 is 0 Å². The number of halogens is 1. The van der Waals surface area contributed by atoms with Crippen LogP contribution in [0, 0.1) is 0 Å². The lowest BCUT2D eigenvalue weighted by Crippen LogP contribution is -2.46. The first-order valence-corrected chi connectivity index (χ1v) is 12.3. The molecule has 0 saturated carbocycles. The Bertz CT molecular complexity index is 1280. The maximum Gasteiger partial charge on any atom is 0.252 e. The first-order chi connectivity index (χ1) is 16.6. The van der Waals surface area contributed by atoms with Crippen LogP contribution in [0.15, 0.2) is 71.3 Å². The molecule has 0 unspecified atom stereocenters. The molecule has 1 amide bonds. The van der Waals surface area contributed by atoms with Gasteiger partial charge in [-0.05, 0) is 37.4 Å². The van der Waals surface area contributed by atoms with E-state index in [1.165, 1.54) is 0 Å². The number of aromatic nitrogens is 3. The monoisotopic (exact) mass is 518 g/mol. The molecule has 7 nitrogen and oxygen atoms in total. The molecule has 1 fully saturated rings. The van der Waals surface area contributed by atoms with Crippen molar-refractivity contribution in [3.05, 3.63) is 76.9 Å². The summed E-state index contributed by atoms with van der Waals surface area (Å²) in [5.41, 5.74) is 3.83. The highest BCUT2D eigenvalue weighted by Crippen LogP contribution is 2.27. The van der Waals surface area contributed by atoms with Gasteiger partial charge in [-0.3, -0.25) is 9.69 Å². The van der Waals surface area contributed by atoms with Gasteiger partial charge in [-0.2, -0.15) is 5.10 Å². The summed E-state index contributed by atoms with van der Waals surface area (Å²) in [5, 5.41) is 8.43. The Labute approximate surface area is 207 Å². The third-order valence-electron chi connectivity index (χ3n) is 6.24. The third kappa shape index (κ3) is 4.89. The molecule has 3 heterocycles. The summed E-state index contributed by atoms with van der Waals surface area (Å²) in [6.07, 6.45) is 1.73. The molecule has 0 aliphatic carbocycles. The lowest BCUT2D eigenvalue weighted by Gasteiger charge is -2.32. The minimum absolute atomic E-state index is 0.104. The third-order valence-corrected chi connectivity index (χ3v) is 6.76. The molecular formula is C26H27BrN6O.